The van der Waals surface area contributed by atoms with Crippen molar-refractivity contribution in [1.82, 2.24) is 4.90 Å². The van der Waals surface area contributed by atoms with Gasteiger partial charge in [-0.05, 0) is 33.6 Å². The van der Waals surface area contributed by atoms with Crippen molar-refractivity contribution in [2.75, 3.05) is 32.8 Å². The summed E-state index contributed by atoms with van der Waals surface area (Å²) in [5.41, 5.74) is 5.64. The lowest BCUT2D eigenvalue weighted by Crippen LogP contribution is -2.36. The minimum absolute atomic E-state index is 0.167. The molecule has 0 spiro atoms. The van der Waals surface area contributed by atoms with Crippen LogP contribution in [-0.4, -0.2) is 55.0 Å². The van der Waals surface area contributed by atoms with Gasteiger partial charge in [-0.1, -0.05) is 0 Å². The molecule has 0 heterocycles. The fourth-order valence-corrected chi connectivity index (χ4v) is 1.72. The van der Waals surface area contributed by atoms with Crippen molar-refractivity contribution in [3.05, 3.63) is 0 Å². The van der Waals surface area contributed by atoms with E-state index in [0.717, 1.165) is 32.5 Å². The maximum atomic E-state index is 8.83. The van der Waals surface area contributed by atoms with Gasteiger partial charge in [-0.3, -0.25) is 0 Å². The minimum atomic E-state index is 0.167. The second-order valence-electron chi connectivity index (χ2n) is 4.31. The molecule has 4 nitrogen and oxygen atoms in total. The van der Waals surface area contributed by atoms with Gasteiger partial charge in [0.1, 0.15) is 0 Å². The summed E-state index contributed by atoms with van der Waals surface area (Å²) in [5.74, 6) is 0. The third-order valence-corrected chi connectivity index (χ3v) is 2.74. The van der Waals surface area contributed by atoms with Crippen LogP contribution in [0, 0.1) is 0 Å². The lowest BCUT2D eigenvalue weighted by molar-refractivity contribution is 0.0505. The first kappa shape index (κ1) is 15.8. The standard InChI is InChI=1S/C12H28N2O2/c1-4-16-12(10-13)6-8-14(11(2)3)7-5-9-15/h11-12,15H,4-10,13H2,1-3H3. The highest BCUT2D eigenvalue weighted by molar-refractivity contribution is 4.67. The zero-order valence-electron chi connectivity index (χ0n) is 11.0. The van der Waals surface area contributed by atoms with Crippen LogP contribution in [0.4, 0.5) is 0 Å². The quantitative estimate of drug-likeness (QED) is 0.586. The van der Waals surface area contributed by atoms with Gasteiger partial charge >= 0.3 is 0 Å². The largest absolute Gasteiger partial charge is 0.396 e. The molecule has 16 heavy (non-hydrogen) atoms. The van der Waals surface area contributed by atoms with Gasteiger partial charge in [0.15, 0.2) is 0 Å². The van der Waals surface area contributed by atoms with Crippen molar-refractivity contribution < 1.29 is 9.84 Å². The number of aliphatic hydroxyl groups excluding tert-OH is 1. The molecule has 0 saturated heterocycles. The van der Waals surface area contributed by atoms with Gasteiger partial charge in [-0.2, -0.15) is 0 Å². The van der Waals surface area contributed by atoms with E-state index >= 15 is 0 Å². The molecule has 0 saturated carbocycles. The van der Waals surface area contributed by atoms with Crippen LogP contribution in [0.15, 0.2) is 0 Å². The molecule has 0 aliphatic carbocycles. The Balaban J connectivity index is 3.88. The Morgan fingerprint density at radius 2 is 2.00 bits per heavy atom. The van der Waals surface area contributed by atoms with Crippen molar-refractivity contribution in [2.24, 2.45) is 5.73 Å². The highest BCUT2D eigenvalue weighted by Gasteiger charge is 2.12. The number of ether oxygens (including phenoxy) is 1. The zero-order chi connectivity index (χ0) is 12.4. The maximum Gasteiger partial charge on any atom is 0.0709 e. The fraction of sp³-hybridized carbons (Fsp3) is 1.00. The highest BCUT2D eigenvalue weighted by atomic mass is 16.5. The van der Waals surface area contributed by atoms with Crippen LogP contribution in [0.5, 0.6) is 0 Å². The zero-order valence-corrected chi connectivity index (χ0v) is 11.0. The van der Waals surface area contributed by atoms with E-state index in [4.69, 9.17) is 15.6 Å². The smallest absolute Gasteiger partial charge is 0.0709 e. The Hall–Kier alpha value is -0.160. The molecule has 0 aliphatic heterocycles. The second-order valence-corrected chi connectivity index (χ2v) is 4.31. The first-order valence-corrected chi connectivity index (χ1v) is 6.32. The monoisotopic (exact) mass is 232 g/mol. The number of rotatable bonds is 10. The molecule has 0 rings (SSSR count). The summed E-state index contributed by atoms with van der Waals surface area (Å²) < 4.78 is 5.52. The fourth-order valence-electron chi connectivity index (χ4n) is 1.72. The summed E-state index contributed by atoms with van der Waals surface area (Å²) in [6.07, 6.45) is 1.97. The predicted octanol–water partition coefficient (Wildman–Crippen LogP) is 0.833. The van der Waals surface area contributed by atoms with Crippen LogP contribution >= 0.6 is 0 Å². The van der Waals surface area contributed by atoms with Gasteiger partial charge < -0.3 is 20.5 Å². The van der Waals surface area contributed by atoms with E-state index in [1.54, 1.807) is 0 Å². The summed E-state index contributed by atoms with van der Waals surface area (Å²) in [4.78, 5) is 2.36. The lowest BCUT2D eigenvalue weighted by Gasteiger charge is -2.28. The van der Waals surface area contributed by atoms with E-state index in [2.05, 4.69) is 18.7 Å². The summed E-state index contributed by atoms with van der Waals surface area (Å²) in [7, 11) is 0. The molecule has 0 bridgehead atoms. The summed E-state index contributed by atoms with van der Waals surface area (Å²) in [6, 6.07) is 0.506. The lowest BCUT2D eigenvalue weighted by atomic mass is 10.2. The molecule has 1 atom stereocenters. The molecule has 0 aromatic rings. The van der Waals surface area contributed by atoms with Crippen molar-refractivity contribution in [2.45, 2.75) is 45.8 Å². The van der Waals surface area contributed by atoms with Crippen LogP contribution < -0.4 is 5.73 Å². The van der Waals surface area contributed by atoms with Crippen LogP contribution in [0.25, 0.3) is 0 Å². The summed E-state index contributed by atoms with van der Waals surface area (Å²) >= 11 is 0. The molecule has 0 fully saturated rings. The van der Waals surface area contributed by atoms with Gasteiger partial charge in [-0.15, -0.1) is 0 Å². The number of hydrogen-bond acceptors (Lipinski definition) is 4. The Labute approximate surface area is 99.8 Å². The van der Waals surface area contributed by atoms with Crippen molar-refractivity contribution in [3.63, 3.8) is 0 Å². The first-order valence-electron chi connectivity index (χ1n) is 6.32. The highest BCUT2D eigenvalue weighted by Crippen LogP contribution is 2.05. The Morgan fingerprint density at radius 1 is 1.31 bits per heavy atom. The topological polar surface area (TPSA) is 58.7 Å². The van der Waals surface area contributed by atoms with E-state index in [-0.39, 0.29) is 12.7 Å². The third kappa shape index (κ3) is 7.17. The molecule has 0 radical (unpaired) electrons. The average Bonchev–Trinajstić information content (AvgIpc) is 2.27. The molecular weight excluding hydrogens is 204 g/mol. The summed E-state index contributed by atoms with van der Waals surface area (Å²) in [6.45, 7) is 9.84. The van der Waals surface area contributed by atoms with Crippen LogP contribution in [0.1, 0.15) is 33.6 Å². The van der Waals surface area contributed by atoms with Crippen LogP contribution in [-0.2, 0) is 4.74 Å². The van der Waals surface area contributed by atoms with E-state index < -0.39 is 0 Å². The van der Waals surface area contributed by atoms with Gasteiger partial charge in [0, 0.05) is 38.9 Å². The molecule has 1 unspecified atom stereocenters. The Morgan fingerprint density at radius 3 is 2.44 bits per heavy atom. The van der Waals surface area contributed by atoms with Crippen molar-refractivity contribution in [3.8, 4) is 0 Å². The molecule has 98 valence electrons. The van der Waals surface area contributed by atoms with Crippen LogP contribution in [0.2, 0.25) is 0 Å². The summed E-state index contributed by atoms with van der Waals surface area (Å²) in [5, 5.41) is 8.83. The molecule has 0 aromatic heterocycles. The predicted molar refractivity (Wildman–Crippen MR) is 67.5 cm³/mol. The van der Waals surface area contributed by atoms with Crippen molar-refractivity contribution in [1.29, 1.82) is 0 Å². The molecule has 0 amide bonds. The van der Waals surface area contributed by atoms with Gasteiger partial charge in [-0.25, -0.2) is 0 Å². The van der Waals surface area contributed by atoms with Crippen molar-refractivity contribution >= 4 is 0 Å². The van der Waals surface area contributed by atoms with E-state index in [9.17, 15) is 0 Å². The normalized spacial score (nSPS) is 13.7. The average molecular weight is 232 g/mol. The SMILES string of the molecule is CCOC(CN)CCN(CCCO)C(C)C. The van der Waals surface area contributed by atoms with Gasteiger partial charge in [0.2, 0.25) is 0 Å². The second kappa shape index (κ2) is 10.0. The van der Waals surface area contributed by atoms with Gasteiger partial charge in [0.25, 0.3) is 0 Å². The molecule has 4 heteroatoms. The number of nitrogens with zero attached hydrogens (tertiary/aromatic N) is 1. The minimum Gasteiger partial charge on any atom is -0.396 e. The van der Waals surface area contributed by atoms with E-state index in [1.165, 1.54) is 0 Å². The number of aliphatic hydroxyl groups is 1. The van der Waals surface area contributed by atoms with Gasteiger partial charge in [0.05, 0.1) is 6.10 Å². The maximum absolute atomic E-state index is 8.83. The molecule has 0 aromatic carbocycles. The first-order chi connectivity index (χ1) is 7.65. The van der Waals surface area contributed by atoms with Crippen LogP contribution in [0.3, 0.4) is 0 Å². The Kier molecular flexibility index (Phi) is 9.92. The third-order valence-electron chi connectivity index (χ3n) is 2.74. The molecular formula is C12H28N2O2. The number of hydrogen-bond donors (Lipinski definition) is 2. The molecule has 3 N–H and O–H groups in total. The van der Waals surface area contributed by atoms with E-state index in [1.807, 2.05) is 6.92 Å². The van der Waals surface area contributed by atoms with E-state index in [0.29, 0.717) is 12.6 Å². The Bertz CT molecular complexity index is 154. The number of nitrogens with two attached hydrogens (primary N) is 1. The molecule has 0 aliphatic rings.